The zero-order chi connectivity index (χ0) is 21.1. The van der Waals surface area contributed by atoms with Crippen molar-refractivity contribution < 1.29 is 18.1 Å². The van der Waals surface area contributed by atoms with Crippen LogP contribution in [0.15, 0.2) is 29.4 Å². The molecule has 12 heteroatoms. The van der Waals surface area contributed by atoms with Gasteiger partial charge in [0, 0.05) is 31.1 Å². The molecule has 0 unspecified atom stereocenters. The van der Waals surface area contributed by atoms with Gasteiger partial charge in [-0.1, -0.05) is 12.1 Å². The summed E-state index contributed by atoms with van der Waals surface area (Å²) in [4.78, 5) is 21.6. The first-order valence-corrected chi connectivity index (χ1v) is 11.2. The van der Waals surface area contributed by atoms with Gasteiger partial charge in [0.15, 0.2) is 9.84 Å². The summed E-state index contributed by atoms with van der Waals surface area (Å²) < 4.78 is 29.7. The monoisotopic (exact) mass is 432 g/mol. The summed E-state index contributed by atoms with van der Waals surface area (Å²) in [5.74, 6) is 0.729. The summed E-state index contributed by atoms with van der Waals surface area (Å²) >= 11 is 0. The van der Waals surface area contributed by atoms with Crippen LogP contribution < -0.4 is 10.3 Å². The summed E-state index contributed by atoms with van der Waals surface area (Å²) in [6.07, 6.45) is 1.64. The van der Waals surface area contributed by atoms with E-state index in [0.29, 0.717) is 55.4 Å². The van der Waals surface area contributed by atoms with E-state index in [1.165, 1.54) is 12.3 Å². The molecule has 0 aliphatic carbocycles. The van der Waals surface area contributed by atoms with Crippen molar-refractivity contribution in [3.8, 4) is 0 Å². The van der Waals surface area contributed by atoms with Crippen molar-refractivity contribution in [2.75, 3.05) is 42.4 Å². The Bertz CT molecular complexity index is 1100. The van der Waals surface area contributed by atoms with Gasteiger partial charge in [-0.3, -0.25) is 10.1 Å². The number of aryl methyl sites for hydroxylation is 1. The second kappa shape index (κ2) is 8.32. The molecule has 158 valence electrons. The lowest BCUT2D eigenvalue weighted by molar-refractivity contribution is -0.385. The molecule has 2 aromatic rings. The van der Waals surface area contributed by atoms with Gasteiger partial charge < -0.3 is 9.64 Å². The molecule has 0 amide bonds. The molecule has 1 aromatic heterocycles. The first-order chi connectivity index (χ1) is 14.4. The molecule has 30 heavy (non-hydrogen) atoms. The number of fused-ring (bicyclic) bond motifs is 1. The topological polar surface area (TPSA) is 140 Å². The van der Waals surface area contributed by atoms with Gasteiger partial charge in [-0.2, -0.15) is 10.1 Å². The van der Waals surface area contributed by atoms with Gasteiger partial charge in [0.2, 0.25) is 5.95 Å². The zero-order valence-corrected chi connectivity index (χ0v) is 16.8. The number of nitrogens with one attached hydrogen (secondary N) is 1. The minimum Gasteiger partial charge on any atom is -0.378 e. The van der Waals surface area contributed by atoms with E-state index in [4.69, 9.17) is 4.74 Å². The van der Waals surface area contributed by atoms with E-state index >= 15 is 0 Å². The number of ether oxygens (including phenoxy) is 1. The van der Waals surface area contributed by atoms with Crippen LogP contribution in [0.25, 0.3) is 0 Å². The van der Waals surface area contributed by atoms with Crippen LogP contribution in [0.4, 0.5) is 17.5 Å². The second-order valence-corrected chi connectivity index (χ2v) is 9.11. The molecule has 1 saturated heterocycles. The van der Waals surface area contributed by atoms with Crippen LogP contribution in [0.1, 0.15) is 16.8 Å². The van der Waals surface area contributed by atoms with E-state index in [1.54, 1.807) is 18.2 Å². The number of nitrogens with zero attached hydrogens (tertiary/aromatic N) is 5. The van der Waals surface area contributed by atoms with Crippen molar-refractivity contribution in [3.05, 3.63) is 51.2 Å². The Kier molecular flexibility index (Phi) is 5.59. The van der Waals surface area contributed by atoms with Gasteiger partial charge in [0.25, 0.3) is 5.69 Å². The molecule has 1 aromatic carbocycles. The molecule has 2 aliphatic heterocycles. The van der Waals surface area contributed by atoms with Crippen LogP contribution in [0.5, 0.6) is 0 Å². The summed E-state index contributed by atoms with van der Waals surface area (Å²) in [5.41, 5.74) is 4.30. The molecule has 0 bridgehead atoms. The fourth-order valence-electron chi connectivity index (χ4n) is 3.43. The smallest absolute Gasteiger partial charge is 0.278 e. The number of sulfone groups is 1. The van der Waals surface area contributed by atoms with Crippen molar-refractivity contribution >= 4 is 33.5 Å². The van der Waals surface area contributed by atoms with E-state index < -0.39 is 14.8 Å². The molecule has 2 aliphatic rings. The summed E-state index contributed by atoms with van der Waals surface area (Å²) in [5, 5.41) is 15.2. The SMILES string of the molecule is O=[N+]([O-])c1ccccc1/C=N/Nc1nc2c(c(N3CCOCC3)n1)CS(=O)(=O)CC2. The fraction of sp³-hybridized carbons (Fsp3) is 0.389. The van der Waals surface area contributed by atoms with Gasteiger partial charge in [0.1, 0.15) is 5.82 Å². The molecule has 1 N–H and O–H groups in total. The minimum absolute atomic E-state index is 0.0402. The number of hydrogen-bond donors (Lipinski definition) is 1. The number of nitro groups is 1. The first kappa shape index (κ1) is 20.2. The molecule has 0 radical (unpaired) electrons. The summed E-state index contributed by atoms with van der Waals surface area (Å²) in [6, 6.07) is 6.24. The predicted molar refractivity (Wildman–Crippen MR) is 111 cm³/mol. The molecule has 0 spiro atoms. The van der Waals surface area contributed by atoms with Gasteiger partial charge in [-0.25, -0.2) is 18.8 Å². The molecular formula is C18H20N6O5S. The number of hydrogen-bond acceptors (Lipinski definition) is 10. The number of hydrazone groups is 1. The molecule has 4 rings (SSSR count). The van der Waals surface area contributed by atoms with Crippen molar-refractivity contribution in [1.29, 1.82) is 0 Å². The number of aromatic nitrogens is 2. The van der Waals surface area contributed by atoms with E-state index in [1.807, 2.05) is 4.90 Å². The Balaban J connectivity index is 1.64. The van der Waals surface area contributed by atoms with Gasteiger partial charge in [-0.15, -0.1) is 0 Å². The van der Waals surface area contributed by atoms with E-state index in [2.05, 4.69) is 20.5 Å². The van der Waals surface area contributed by atoms with Crippen LogP contribution in [0.2, 0.25) is 0 Å². The lowest BCUT2D eigenvalue weighted by atomic mass is 10.1. The molecule has 0 saturated carbocycles. The molecule has 11 nitrogen and oxygen atoms in total. The number of morpholine rings is 1. The van der Waals surface area contributed by atoms with E-state index in [9.17, 15) is 18.5 Å². The van der Waals surface area contributed by atoms with Crippen LogP contribution in [-0.4, -0.2) is 61.6 Å². The Hall–Kier alpha value is -3.12. The van der Waals surface area contributed by atoms with Crippen molar-refractivity contribution in [2.45, 2.75) is 12.2 Å². The maximum Gasteiger partial charge on any atom is 0.278 e. The van der Waals surface area contributed by atoms with Gasteiger partial charge >= 0.3 is 0 Å². The zero-order valence-electron chi connectivity index (χ0n) is 16.0. The molecule has 0 atom stereocenters. The van der Waals surface area contributed by atoms with Gasteiger partial charge in [-0.05, 0) is 6.07 Å². The lowest BCUT2D eigenvalue weighted by Crippen LogP contribution is -2.38. The number of benzene rings is 1. The third kappa shape index (κ3) is 4.39. The third-order valence-corrected chi connectivity index (χ3v) is 6.45. The highest BCUT2D eigenvalue weighted by atomic mass is 32.2. The van der Waals surface area contributed by atoms with E-state index in [-0.39, 0.29) is 23.1 Å². The largest absolute Gasteiger partial charge is 0.378 e. The minimum atomic E-state index is -3.19. The highest BCUT2D eigenvalue weighted by Crippen LogP contribution is 2.29. The standard InChI is InChI=1S/C18H20N6O5S/c25-24(26)16-4-2-1-3-13(16)11-19-22-18-20-15-5-10-30(27,28)12-14(15)17(21-18)23-6-8-29-9-7-23/h1-4,11H,5-10,12H2,(H,20,21,22)/b19-11+. The Morgan fingerprint density at radius 1 is 1.23 bits per heavy atom. The number of anilines is 2. The number of para-hydroxylation sites is 1. The predicted octanol–water partition coefficient (Wildman–Crippen LogP) is 1.14. The average molecular weight is 432 g/mol. The summed E-state index contributed by atoms with van der Waals surface area (Å²) in [7, 11) is -3.19. The average Bonchev–Trinajstić information content (AvgIpc) is 2.74. The van der Waals surface area contributed by atoms with Crippen LogP contribution >= 0.6 is 0 Å². The second-order valence-electron chi connectivity index (χ2n) is 6.92. The third-order valence-electron chi connectivity index (χ3n) is 4.90. The molecule has 1 fully saturated rings. The van der Waals surface area contributed by atoms with Crippen LogP contribution in [-0.2, 0) is 26.7 Å². The number of nitro benzene ring substituents is 1. The quantitative estimate of drug-likeness (QED) is 0.418. The Labute approximate surface area is 172 Å². The maximum absolute atomic E-state index is 12.2. The Morgan fingerprint density at radius 3 is 2.77 bits per heavy atom. The lowest BCUT2D eigenvalue weighted by Gasteiger charge is -2.31. The number of rotatable bonds is 5. The molecular weight excluding hydrogens is 412 g/mol. The summed E-state index contributed by atoms with van der Waals surface area (Å²) in [6.45, 7) is 2.26. The normalized spacial score (nSPS) is 18.2. The van der Waals surface area contributed by atoms with Crippen LogP contribution in [0.3, 0.4) is 0 Å². The van der Waals surface area contributed by atoms with Crippen molar-refractivity contribution in [1.82, 2.24) is 9.97 Å². The van der Waals surface area contributed by atoms with E-state index in [0.717, 1.165) is 0 Å². The van der Waals surface area contributed by atoms with Crippen molar-refractivity contribution in [3.63, 3.8) is 0 Å². The molecule has 3 heterocycles. The highest BCUT2D eigenvalue weighted by Gasteiger charge is 2.29. The highest BCUT2D eigenvalue weighted by molar-refractivity contribution is 7.90. The maximum atomic E-state index is 12.2. The Morgan fingerprint density at radius 2 is 2.00 bits per heavy atom. The fourth-order valence-corrected chi connectivity index (χ4v) is 4.81. The van der Waals surface area contributed by atoms with Crippen molar-refractivity contribution in [2.24, 2.45) is 5.10 Å². The van der Waals surface area contributed by atoms with Gasteiger partial charge in [0.05, 0.1) is 47.1 Å². The van der Waals surface area contributed by atoms with Crippen LogP contribution in [0, 0.1) is 10.1 Å². The first-order valence-electron chi connectivity index (χ1n) is 9.38.